The van der Waals surface area contributed by atoms with Crippen LogP contribution in [0, 0.1) is 0 Å². The molecule has 0 amide bonds. The van der Waals surface area contributed by atoms with Crippen molar-refractivity contribution in [2.24, 2.45) is 0 Å². The number of hydrogen-bond acceptors (Lipinski definition) is 11. The maximum Gasteiger partial charge on any atom is 0.186 e. The standard InChI is InChI=1S/C18H26O10S/c19-6-9-11(20)13(22)15(24)17(27-9)26-7-10-12(21)14(23)16(25)18(28-10)29-8-4-2-1-3-5-8/h1-5,9-25H,6-7H2/t9-,10-,11+,12-,13+,14+,15-,16-,17-,18+/m1/s1. The molecule has 0 aliphatic carbocycles. The minimum Gasteiger partial charge on any atom is -0.394 e. The number of aliphatic hydroxyl groups is 7. The fourth-order valence-corrected chi connectivity index (χ4v) is 4.26. The normalized spacial score (nSPS) is 43.3. The van der Waals surface area contributed by atoms with Crippen molar-refractivity contribution in [3.8, 4) is 0 Å². The lowest BCUT2D eigenvalue weighted by Gasteiger charge is -2.42. The lowest BCUT2D eigenvalue weighted by Crippen LogP contribution is -2.61. The molecule has 2 saturated heterocycles. The van der Waals surface area contributed by atoms with Crippen LogP contribution in [-0.4, -0.2) is 110 Å². The second-order valence-corrected chi connectivity index (χ2v) is 8.15. The highest BCUT2D eigenvalue weighted by Gasteiger charge is 2.47. The fourth-order valence-electron chi connectivity index (χ4n) is 3.18. The Morgan fingerprint density at radius 3 is 2.03 bits per heavy atom. The Morgan fingerprint density at radius 2 is 1.38 bits per heavy atom. The zero-order valence-corrected chi connectivity index (χ0v) is 16.2. The lowest BCUT2D eigenvalue weighted by molar-refractivity contribution is -0.311. The molecular weight excluding hydrogens is 408 g/mol. The topological polar surface area (TPSA) is 169 Å². The van der Waals surface area contributed by atoms with Crippen LogP contribution in [0.3, 0.4) is 0 Å². The van der Waals surface area contributed by atoms with Gasteiger partial charge in [0.15, 0.2) is 6.29 Å². The van der Waals surface area contributed by atoms with E-state index in [1.165, 1.54) is 0 Å². The van der Waals surface area contributed by atoms with Gasteiger partial charge in [-0.2, -0.15) is 0 Å². The third-order valence-electron chi connectivity index (χ3n) is 4.94. The lowest BCUT2D eigenvalue weighted by atomic mass is 9.99. The molecule has 0 bridgehead atoms. The monoisotopic (exact) mass is 434 g/mol. The maximum absolute atomic E-state index is 10.2. The first-order chi connectivity index (χ1) is 13.8. The summed E-state index contributed by atoms with van der Waals surface area (Å²) in [6.07, 6.45) is -12.6. The van der Waals surface area contributed by atoms with Gasteiger partial charge in [-0.3, -0.25) is 0 Å². The van der Waals surface area contributed by atoms with Crippen LogP contribution in [0.25, 0.3) is 0 Å². The molecule has 2 aliphatic rings. The van der Waals surface area contributed by atoms with Crippen LogP contribution in [0.1, 0.15) is 0 Å². The summed E-state index contributed by atoms with van der Waals surface area (Å²) in [5.74, 6) is 0. The van der Waals surface area contributed by atoms with Crippen molar-refractivity contribution in [1.29, 1.82) is 0 Å². The smallest absolute Gasteiger partial charge is 0.186 e. The van der Waals surface area contributed by atoms with Crippen LogP contribution in [-0.2, 0) is 14.2 Å². The van der Waals surface area contributed by atoms with Crippen molar-refractivity contribution in [3.63, 3.8) is 0 Å². The molecule has 0 radical (unpaired) electrons. The van der Waals surface area contributed by atoms with E-state index in [2.05, 4.69) is 0 Å². The van der Waals surface area contributed by atoms with Gasteiger partial charge in [0.25, 0.3) is 0 Å². The van der Waals surface area contributed by atoms with Gasteiger partial charge in [-0.1, -0.05) is 30.0 Å². The van der Waals surface area contributed by atoms with Gasteiger partial charge in [0.1, 0.15) is 54.3 Å². The Morgan fingerprint density at radius 1 is 0.759 bits per heavy atom. The van der Waals surface area contributed by atoms with Crippen LogP contribution >= 0.6 is 11.8 Å². The van der Waals surface area contributed by atoms with E-state index in [9.17, 15) is 35.7 Å². The van der Waals surface area contributed by atoms with Crippen LogP contribution in [0.15, 0.2) is 35.2 Å². The van der Waals surface area contributed by atoms with Crippen molar-refractivity contribution in [1.82, 2.24) is 0 Å². The molecule has 1 aromatic carbocycles. The summed E-state index contributed by atoms with van der Waals surface area (Å²) in [6, 6.07) is 9.05. The molecule has 1 aromatic rings. The molecule has 2 heterocycles. The maximum atomic E-state index is 10.2. The molecule has 2 aliphatic heterocycles. The highest BCUT2D eigenvalue weighted by molar-refractivity contribution is 7.99. The predicted molar refractivity (Wildman–Crippen MR) is 98.7 cm³/mol. The van der Waals surface area contributed by atoms with Crippen molar-refractivity contribution in [2.75, 3.05) is 13.2 Å². The third kappa shape index (κ3) is 5.09. The average molecular weight is 434 g/mol. The molecule has 0 spiro atoms. The Kier molecular flexibility index (Phi) is 7.87. The van der Waals surface area contributed by atoms with E-state index >= 15 is 0 Å². The molecule has 29 heavy (non-hydrogen) atoms. The summed E-state index contributed by atoms with van der Waals surface area (Å²) in [6.45, 7) is -0.951. The van der Waals surface area contributed by atoms with Crippen molar-refractivity contribution >= 4 is 11.8 Å². The van der Waals surface area contributed by atoms with E-state index in [4.69, 9.17) is 14.2 Å². The second-order valence-electron chi connectivity index (χ2n) is 6.98. The van der Waals surface area contributed by atoms with Gasteiger partial charge in [-0.05, 0) is 12.1 Å². The number of hydrogen-bond donors (Lipinski definition) is 7. The molecule has 0 saturated carbocycles. The third-order valence-corrected chi connectivity index (χ3v) is 6.10. The Hall–Kier alpha value is -0.830. The van der Waals surface area contributed by atoms with Crippen molar-refractivity contribution in [3.05, 3.63) is 30.3 Å². The summed E-state index contributed by atoms with van der Waals surface area (Å²) in [5.41, 5.74) is -0.890. The molecule has 10 nitrogen and oxygen atoms in total. The van der Waals surface area contributed by atoms with E-state index < -0.39 is 67.2 Å². The molecule has 164 valence electrons. The second kappa shape index (κ2) is 9.98. The highest BCUT2D eigenvalue weighted by atomic mass is 32.2. The first-order valence-electron chi connectivity index (χ1n) is 9.17. The van der Waals surface area contributed by atoms with Crippen LogP contribution in [0.5, 0.6) is 0 Å². The summed E-state index contributed by atoms with van der Waals surface area (Å²) >= 11 is 1.16. The minimum absolute atomic E-state index is 0.348. The number of rotatable bonds is 6. The number of ether oxygens (including phenoxy) is 3. The van der Waals surface area contributed by atoms with E-state index in [0.717, 1.165) is 16.7 Å². The predicted octanol–water partition coefficient (Wildman–Crippen LogP) is -2.60. The van der Waals surface area contributed by atoms with Gasteiger partial charge in [-0.15, -0.1) is 0 Å². The molecule has 3 rings (SSSR count). The minimum atomic E-state index is -1.60. The zero-order valence-electron chi connectivity index (χ0n) is 15.3. The first kappa shape index (κ1) is 22.8. The summed E-state index contributed by atoms with van der Waals surface area (Å²) < 4.78 is 16.3. The van der Waals surface area contributed by atoms with Gasteiger partial charge >= 0.3 is 0 Å². The molecule has 7 N–H and O–H groups in total. The van der Waals surface area contributed by atoms with Crippen molar-refractivity contribution in [2.45, 2.75) is 65.5 Å². The van der Waals surface area contributed by atoms with Crippen molar-refractivity contribution < 1.29 is 50.0 Å². The average Bonchev–Trinajstić information content (AvgIpc) is 2.73. The Bertz CT molecular complexity index is 634. The molecule has 0 unspecified atom stereocenters. The molecule has 11 heteroatoms. The Balaban J connectivity index is 1.63. The summed E-state index contributed by atoms with van der Waals surface area (Å²) in [7, 11) is 0. The van der Waals surface area contributed by atoms with Gasteiger partial charge < -0.3 is 50.0 Å². The molecule has 2 fully saturated rings. The highest BCUT2D eigenvalue weighted by Crippen LogP contribution is 2.33. The van der Waals surface area contributed by atoms with E-state index in [-0.39, 0.29) is 6.61 Å². The fraction of sp³-hybridized carbons (Fsp3) is 0.667. The van der Waals surface area contributed by atoms with Crippen LogP contribution in [0.4, 0.5) is 0 Å². The van der Waals surface area contributed by atoms with E-state index in [1.54, 1.807) is 12.1 Å². The number of thioether (sulfide) groups is 1. The van der Waals surface area contributed by atoms with E-state index in [0.29, 0.717) is 0 Å². The molecule has 10 atom stereocenters. The van der Waals surface area contributed by atoms with Gasteiger partial charge in [-0.25, -0.2) is 0 Å². The number of aliphatic hydroxyl groups excluding tert-OH is 7. The SMILES string of the molecule is OC[C@H]1O[C@@H](OC[C@H]2O[C@@H](Sc3ccccc3)[C@H](O)[C@@H](O)[C@@H]2O)[C@H](O)[C@@H](O)[C@H]1O. The van der Waals surface area contributed by atoms with E-state index in [1.807, 2.05) is 18.2 Å². The largest absolute Gasteiger partial charge is 0.394 e. The molecule has 0 aromatic heterocycles. The van der Waals surface area contributed by atoms with Gasteiger partial charge in [0.05, 0.1) is 13.2 Å². The Labute approximate surface area is 171 Å². The quantitative estimate of drug-likeness (QED) is 0.251. The van der Waals surface area contributed by atoms with Gasteiger partial charge in [0.2, 0.25) is 0 Å². The summed E-state index contributed by atoms with van der Waals surface area (Å²) in [5, 5.41) is 69.5. The van der Waals surface area contributed by atoms with Crippen LogP contribution in [0.2, 0.25) is 0 Å². The van der Waals surface area contributed by atoms with Gasteiger partial charge in [0, 0.05) is 4.90 Å². The molecular formula is C18H26O10S. The first-order valence-corrected chi connectivity index (χ1v) is 10.0. The summed E-state index contributed by atoms with van der Waals surface area (Å²) in [4.78, 5) is 0.786. The van der Waals surface area contributed by atoms with Crippen LogP contribution < -0.4 is 0 Å². The zero-order chi connectivity index (χ0) is 21.1. The number of benzene rings is 1.